The van der Waals surface area contributed by atoms with Crippen molar-refractivity contribution in [1.29, 1.82) is 5.26 Å². The Kier molecular flexibility index (Phi) is 4.33. The summed E-state index contributed by atoms with van der Waals surface area (Å²) < 4.78 is 0. The third-order valence-corrected chi connectivity index (χ3v) is 5.25. The van der Waals surface area contributed by atoms with Crippen LogP contribution in [-0.4, -0.2) is 12.6 Å². The molecule has 0 aromatic rings. The quantitative estimate of drug-likeness (QED) is 0.777. The van der Waals surface area contributed by atoms with Crippen molar-refractivity contribution in [1.82, 2.24) is 5.32 Å². The van der Waals surface area contributed by atoms with Crippen molar-refractivity contribution in [2.24, 2.45) is 23.2 Å². The smallest absolute Gasteiger partial charge is 0.0621 e. The van der Waals surface area contributed by atoms with E-state index in [1.54, 1.807) is 0 Å². The van der Waals surface area contributed by atoms with Crippen LogP contribution in [0.3, 0.4) is 0 Å². The molecule has 2 heteroatoms. The summed E-state index contributed by atoms with van der Waals surface area (Å²) in [5.41, 5.74) is 0.252. The van der Waals surface area contributed by atoms with E-state index >= 15 is 0 Å². The van der Waals surface area contributed by atoms with Crippen molar-refractivity contribution in [2.45, 2.75) is 65.3 Å². The van der Waals surface area contributed by atoms with Crippen molar-refractivity contribution in [2.75, 3.05) is 6.54 Å². The Morgan fingerprint density at radius 2 is 2.11 bits per heavy atom. The number of rotatable bonds is 6. The topological polar surface area (TPSA) is 35.8 Å². The molecule has 2 fully saturated rings. The van der Waals surface area contributed by atoms with Gasteiger partial charge in [0.1, 0.15) is 0 Å². The first kappa shape index (κ1) is 13.9. The molecule has 4 unspecified atom stereocenters. The number of hydrogen-bond acceptors (Lipinski definition) is 2. The second-order valence-corrected chi connectivity index (χ2v) is 7.33. The summed E-state index contributed by atoms with van der Waals surface area (Å²) in [6.07, 6.45) is 7.59. The van der Waals surface area contributed by atoms with Gasteiger partial charge in [0, 0.05) is 19.0 Å². The van der Waals surface area contributed by atoms with E-state index in [1.165, 1.54) is 25.7 Å². The molecule has 0 aliphatic heterocycles. The van der Waals surface area contributed by atoms with Crippen molar-refractivity contribution in [3.05, 3.63) is 0 Å². The normalized spacial score (nSPS) is 32.4. The maximum absolute atomic E-state index is 8.68. The lowest BCUT2D eigenvalue weighted by Crippen LogP contribution is -2.41. The molecule has 4 atom stereocenters. The van der Waals surface area contributed by atoms with Gasteiger partial charge in [0.05, 0.1) is 6.07 Å². The Hall–Kier alpha value is -0.550. The average Bonchev–Trinajstić information content (AvgIpc) is 2.96. The minimum absolute atomic E-state index is 0.252. The van der Waals surface area contributed by atoms with Crippen LogP contribution in [0.1, 0.15) is 59.3 Å². The zero-order valence-corrected chi connectivity index (χ0v) is 12.2. The van der Waals surface area contributed by atoms with Gasteiger partial charge in [0.2, 0.25) is 0 Å². The molecule has 2 aliphatic carbocycles. The summed E-state index contributed by atoms with van der Waals surface area (Å²) >= 11 is 0. The summed E-state index contributed by atoms with van der Waals surface area (Å²) in [6.45, 7) is 7.95. The molecule has 0 radical (unpaired) electrons. The third kappa shape index (κ3) is 3.26. The van der Waals surface area contributed by atoms with Crippen LogP contribution in [0.4, 0.5) is 0 Å². The number of fused-ring (bicyclic) bond motifs is 2. The highest BCUT2D eigenvalue weighted by molar-refractivity contribution is 4.94. The van der Waals surface area contributed by atoms with E-state index in [0.29, 0.717) is 12.5 Å². The van der Waals surface area contributed by atoms with E-state index in [1.807, 2.05) is 0 Å². The number of hydrogen-bond donors (Lipinski definition) is 1. The summed E-state index contributed by atoms with van der Waals surface area (Å²) in [5, 5.41) is 12.4. The molecule has 0 aromatic carbocycles. The first-order valence-electron chi connectivity index (χ1n) is 7.62. The van der Waals surface area contributed by atoms with Crippen LogP contribution >= 0.6 is 0 Å². The summed E-state index contributed by atoms with van der Waals surface area (Å²) in [4.78, 5) is 0. The molecule has 2 saturated carbocycles. The average molecular weight is 248 g/mol. The minimum Gasteiger partial charge on any atom is -0.313 e. The van der Waals surface area contributed by atoms with Gasteiger partial charge in [-0.15, -0.1) is 0 Å². The highest BCUT2D eigenvalue weighted by atomic mass is 14.9. The van der Waals surface area contributed by atoms with Crippen LogP contribution in [0.15, 0.2) is 0 Å². The molecule has 0 spiro atoms. The second kappa shape index (κ2) is 5.61. The lowest BCUT2D eigenvalue weighted by Gasteiger charge is -2.32. The van der Waals surface area contributed by atoms with Crippen molar-refractivity contribution < 1.29 is 0 Å². The fourth-order valence-corrected chi connectivity index (χ4v) is 3.98. The Bertz CT molecular complexity index is 316. The molecule has 1 N–H and O–H groups in total. The van der Waals surface area contributed by atoms with E-state index in [9.17, 15) is 0 Å². The first-order valence-corrected chi connectivity index (χ1v) is 7.62. The summed E-state index contributed by atoms with van der Waals surface area (Å²) in [6, 6.07) is 2.92. The number of nitrogens with zero attached hydrogens (tertiary/aromatic N) is 1. The third-order valence-electron chi connectivity index (χ3n) is 5.25. The summed E-state index contributed by atoms with van der Waals surface area (Å²) in [5.74, 6) is 2.95. The van der Waals surface area contributed by atoms with Crippen molar-refractivity contribution in [3.8, 4) is 6.07 Å². The van der Waals surface area contributed by atoms with Gasteiger partial charge in [0.25, 0.3) is 0 Å². The molecule has 2 bridgehead atoms. The highest BCUT2D eigenvalue weighted by Crippen LogP contribution is 2.49. The molecule has 0 heterocycles. The van der Waals surface area contributed by atoms with E-state index in [2.05, 4.69) is 32.2 Å². The molecule has 2 nitrogen and oxygen atoms in total. The van der Waals surface area contributed by atoms with Crippen LogP contribution in [-0.2, 0) is 0 Å². The molecule has 2 aliphatic rings. The molecular formula is C16H28N2. The number of nitriles is 1. The molecule has 0 aromatic heterocycles. The molecule has 18 heavy (non-hydrogen) atoms. The maximum atomic E-state index is 8.68. The SMILES string of the molecule is CC(NCC(C)(C)CCC#N)C1CC2CCC1C2. The molecule has 0 amide bonds. The fourth-order valence-electron chi connectivity index (χ4n) is 3.98. The predicted molar refractivity (Wildman–Crippen MR) is 75.0 cm³/mol. The lowest BCUT2D eigenvalue weighted by atomic mass is 9.82. The molecule has 2 rings (SSSR count). The Labute approximate surface area is 112 Å². The van der Waals surface area contributed by atoms with Crippen LogP contribution < -0.4 is 5.32 Å². The van der Waals surface area contributed by atoms with Gasteiger partial charge in [-0.3, -0.25) is 0 Å². The molecular weight excluding hydrogens is 220 g/mol. The van der Waals surface area contributed by atoms with Gasteiger partial charge >= 0.3 is 0 Å². The van der Waals surface area contributed by atoms with Gasteiger partial charge in [0.15, 0.2) is 0 Å². The maximum Gasteiger partial charge on any atom is 0.0621 e. The lowest BCUT2D eigenvalue weighted by molar-refractivity contribution is 0.227. The minimum atomic E-state index is 0.252. The van der Waals surface area contributed by atoms with Crippen LogP contribution in [0.5, 0.6) is 0 Å². The van der Waals surface area contributed by atoms with Crippen LogP contribution in [0.2, 0.25) is 0 Å². The Morgan fingerprint density at radius 1 is 1.33 bits per heavy atom. The zero-order valence-electron chi connectivity index (χ0n) is 12.2. The van der Waals surface area contributed by atoms with Crippen LogP contribution in [0.25, 0.3) is 0 Å². The zero-order chi connectivity index (χ0) is 13.2. The molecule has 0 saturated heterocycles. The van der Waals surface area contributed by atoms with Gasteiger partial charge in [-0.05, 0) is 55.8 Å². The van der Waals surface area contributed by atoms with Crippen molar-refractivity contribution >= 4 is 0 Å². The van der Waals surface area contributed by atoms with E-state index < -0.39 is 0 Å². The Balaban J connectivity index is 1.75. The van der Waals surface area contributed by atoms with E-state index in [0.717, 1.165) is 30.7 Å². The predicted octanol–water partition coefficient (Wildman–Crippen LogP) is 3.73. The standard InChI is InChI=1S/C16H28N2/c1-12(15-10-13-5-6-14(15)9-13)18-11-16(2,3)7-4-8-17/h12-15,18H,4-7,9-11H2,1-3H3. The summed E-state index contributed by atoms with van der Waals surface area (Å²) in [7, 11) is 0. The van der Waals surface area contributed by atoms with E-state index in [4.69, 9.17) is 5.26 Å². The number of nitrogens with one attached hydrogen (secondary N) is 1. The van der Waals surface area contributed by atoms with Gasteiger partial charge in [-0.25, -0.2) is 0 Å². The monoisotopic (exact) mass is 248 g/mol. The largest absolute Gasteiger partial charge is 0.313 e. The Morgan fingerprint density at radius 3 is 2.67 bits per heavy atom. The van der Waals surface area contributed by atoms with Crippen LogP contribution in [0, 0.1) is 34.5 Å². The fraction of sp³-hybridized carbons (Fsp3) is 0.938. The highest BCUT2D eigenvalue weighted by Gasteiger charge is 2.41. The van der Waals surface area contributed by atoms with Gasteiger partial charge in [-0.2, -0.15) is 5.26 Å². The van der Waals surface area contributed by atoms with Gasteiger partial charge in [-0.1, -0.05) is 20.3 Å². The van der Waals surface area contributed by atoms with Gasteiger partial charge < -0.3 is 5.32 Å². The first-order chi connectivity index (χ1) is 8.52. The molecule has 102 valence electrons. The van der Waals surface area contributed by atoms with Crippen molar-refractivity contribution in [3.63, 3.8) is 0 Å². The van der Waals surface area contributed by atoms with E-state index in [-0.39, 0.29) is 5.41 Å². The second-order valence-electron chi connectivity index (χ2n) is 7.33.